The van der Waals surface area contributed by atoms with Gasteiger partial charge in [-0.1, -0.05) is 30.3 Å². The van der Waals surface area contributed by atoms with E-state index in [0.717, 1.165) is 17.8 Å². The first-order chi connectivity index (χ1) is 10.6. The zero-order valence-corrected chi connectivity index (χ0v) is 13.2. The third kappa shape index (κ3) is 3.23. The van der Waals surface area contributed by atoms with Crippen molar-refractivity contribution in [1.29, 1.82) is 0 Å². The molecule has 3 rings (SSSR count). The van der Waals surface area contributed by atoms with Crippen LogP contribution in [0.15, 0.2) is 41.8 Å². The molecule has 2 aromatic heterocycles. The number of anilines is 1. The van der Waals surface area contributed by atoms with E-state index in [4.69, 9.17) is 0 Å². The van der Waals surface area contributed by atoms with Crippen molar-refractivity contribution in [3.05, 3.63) is 64.4 Å². The molecule has 0 atom stereocenters. The minimum Gasteiger partial charge on any atom is -0.296 e. The third-order valence-electron chi connectivity index (χ3n) is 3.23. The summed E-state index contributed by atoms with van der Waals surface area (Å²) in [6, 6.07) is 11.9. The van der Waals surface area contributed by atoms with Crippen molar-refractivity contribution in [2.24, 2.45) is 7.05 Å². The highest BCUT2D eigenvalue weighted by Gasteiger charge is 2.13. The summed E-state index contributed by atoms with van der Waals surface area (Å²) in [4.78, 5) is 16.7. The number of benzene rings is 1. The molecule has 0 aliphatic carbocycles. The Morgan fingerprint density at radius 2 is 2.09 bits per heavy atom. The second-order valence-corrected chi connectivity index (χ2v) is 5.91. The lowest BCUT2D eigenvalue weighted by Gasteiger charge is -2.01. The molecule has 1 amide bonds. The van der Waals surface area contributed by atoms with Crippen LogP contribution < -0.4 is 5.32 Å². The molecule has 0 aliphatic heterocycles. The third-order valence-corrected chi connectivity index (χ3v) is 4.04. The zero-order chi connectivity index (χ0) is 15.5. The van der Waals surface area contributed by atoms with Gasteiger partial charge in [0.15, 0.2) is 5.13 Å². The Balaban J connectivity index is 1.69. The molecule has 112 valence electrons. The summed E-state index contributed by atoms with van der Waals surface area (Å²) in [6.45, 7) is 1.86. The van der Waals surface area contributed by atoms with Gasteiger partial charge in [0, 0.05) is 18.8 Å². The Kier molecular flexibility index (Phi) is 4.02. The minimum absolute atomic E-state index is 0.191. The highest BCUT2D eigenvalue weighted by Crippen LogP contribution is 2.19. The summed E-state index contributed by atoms with van der Waals surface area (Å²) in [6.07, 6.45) is 0.762. The van der Waals surface area contributed by atoms with Crippen LogP contribution in [0, 0.1) is 6.92 Å². The van der Waals surface area contributed by atoms with Gasteiger partial charge < -0.3 is 0 Å². The number of carbonyl (C=O) groups excluding carboxylic acids is 1. The Bertz CT molecular complexity index is 792. The Morgan fingerprint density at radius 1 is 1.32 bits per heavy atom. The first-order valence-corrected chi connectivity index (χ1v) is 7.80. The summed E-state index contributed by atoms with van der Waals surface area (Å²) in [7, 11) is 1.75. The van der Waals surface area contributed by atoms with Crippen LogP contribution in [0.4, 0.5) is 5.13 Å². The molecule has 0 aliphatic rings. The molecule has 6 heteroatoms. The number of carbonyl (C=O) groups is 1. The molecule has 1 N–H and O–H groups in total. The summed E-state index contributed by atoms with van der Waals surface area (Å²) in [5.74, 6) is -0.191. The van der Waals surface area contributed by atoms with E-state index >= 15 is 0 Å². The van der Waals surface area contributed by atoms with Crippen LogP contribution in [-0.2, 0) is 13.5 Å². The van der Waals surface area contributed by atoms with Gasteiger partial charge in [0.25, 0.3) is 5.91 Å². The Hall–Kier alpha value is -2.47. The topological polar surface area (TPSA) is 59.8 Å². The van der Waals surface area contributed by atoms with Gasteiger partial charge in [-0.3, -0.25) is 14.8 Å². The van der Waals surface area contributed by atoms with E-state index in [-0.39, 0.29) is 5.91 Å². The van der Waals surface area contributed by atoms with E-state index in [0.29, 0.717) is 10.8 Å². The smallest absolute Gasteiger partial charge is 0.275 e. The van der Waals surface area contributed by atoms with E-state index in [1.807, 2.05) is 30.5 Å². The van der Waals surface area contributed by atoms with Gasteiger partial charge in [-0.15, -0.1) is 11.3 Å². The van der Waals surface area contributed by atoms with Gasteiger partial charge in [-0.25, -0.2) is 4.98 Å². The molecule has 0 bridgehead atoms. The normalized spacial score (nSPS) is 10.6. The summed E-state index contributed by atoms with van der Waals surface area (Å²) in [5.41, 5.74) is 3.49. The molecule has 0 saturated heterocycles. The number of rotatable bonds is 4. The molecule has 5 nitrogen and oxygen atoms in total. The molecule has 2 heterocycles. The van der Waals surface area contributed by atoms with E-state index in [1.165, 1.54) is 16.9 Å². The molecule has 0 fully saturated rings. The second kappa shape index (κ2) is 6.11. The number of aryl methyl sites for hydroxylation is 2. The van der Waals surface area contributed by atoms with E-state index in [2.05, 4.69) is 27.5 Å². The molecular weight excluding hydrogens is 296 g/mol. The van der Waals surface area contributed by atoms with E-state index in [1.54, 1.807) is 17.8 Å². The summed E-state index contributed by atoms with van der Waals surface area (Å²) >= 11 is 1.43. The van der Waals surface area contributed by atoms with Crippen molar-refractivity contribution in [3.8, 4) is 0 Å². The van der Waals surface area contributed by atoms with Crippen molar-refractivity contribution in [2.75, 3.05) is 5.32 Å². The monoisotopic (exact) mass is 312 g/mol. The van der Waals surface area contributed by atoms with Crippen molar-refractivity contribution >= 4 is 22.4 Å². The van der Waals surface area contributed by atoms with Crippen LogP contribution in [0.5, 0.6) is 0 Å². The minimum atomic E-state index is -0.191. The molecule has 22 heavy (non-hydrogen) atoms. The number of hydrogen-bond acceptors (Lipinski definition) is 4. The second-order valence-electron chi connectivity index (χ2n) is 5.06. The average molecular weight is 312 g/mol. The number of aromatic nitrogens is 3. The van der Waals surface area contributed by atoms with Gasteiger partial charge in [-0.2, -0.15) is 5.10 Å². The van der Waals surface area contributed by atoms with Crippen LogP contribution in [0.1, 0.15) is 27.4 Å². The molecule has 0 spiro atoms. The van der Waals surface area contributed by atoms with Gasteiger partial charge >= 0.3 is 0 Å². The van der Waals surface area contributed by atoms with Gasteiger partial charge in [-0.05, 0) is 18.6 Å². The highest BCUT2D eigenvalue weighted by molar-refractivity contribution is 7.14. The number of amides is 1. The van der Waals surface area contributed by atoms with Crippen molar-refractivity contribution < 1.29 is 4.79 Å². The van der Waals surface area contributed by atoms with Crippen LogP contribution in [0.2, 0.25) is 0 Å². The average Bonchev–Trinajstić information content (AvgIpc) is 3.06. The number of hydrogen-bond donors (Lipinski definition) is 1. The molecule has 3 aromatic rings. The number of thiazole rings is 1. The number of nitrogens with one attached hydrogen (secondary N) is 1. The van der Waals surface area contributed by atoms with Crippen LogP contribution in [0.3, 0.4) is 0 Å². The van der Waals surface area contributed by atoms with Crippen LogP contribution in [0.25, 0.3) is 0 Å². The molecule has 0 unspecified atom stereocenters. The molecule has 0 saturated carbocycles. The predicted molar refractivity (Wildman–Crippen MR) is 87.3 cm³/mol. The van der Waals surface area contributed by atoms with Crippen molar-refractivity contribution in [1.82, 2.24) is 14.8 Å². The summed E-state index contributed by atoms with van der Waals surface area (Å²) in [5, 5.41) is 9.58. The standard InChI is InChI=1S/C16H16N4OS/c1-11-8-14(20(2)19-11)15(21)18-16-17-13(10-22-16)9-12-6-4-3-5-7-12/h3-8,10H,9H2,1-2H3,(H,17,18,21). The largest absolute Gasteiger partial charge is 0.296 e. The Morgan fingerprint density at radius 3 is 2.77 bits per heavy atom. The first-order valence-electron chi connectivity index (χ1n) is 6.92. The van der Waals surface area contributed by atoms with Crippen LogP contribution in [-0.4, -0.2) is 20.7 Å². The fraction of sp³-hybridized carbons (Fsp3) is 0.188. The Labute approximate surface area is 132 Å². The maximum absolute atomic E-state index is 12.2. The van der Waals surface area contributed by atoms with Crippen LogP contribution >= 0.6 is 11.3 Å². The maximum Gasteiger partial charge on any atom is 0.275 e. The first kappa shape index (κ1) is 14.5. The number of nitrogens with zero attached hydrogens (tertiary/aromatic N) is 3. The predicted octanol–water partition coefficient (Wildman–Crippen LogP) is 3.03. The lowest BCUT2D eigenvalue weighted by molar-refractivity contribution is 0.101. The van der Waals surface area contributed by atoms with E-state index in [9.17, 15) is 4.79 Å². The maximum atomic E-state index is 12.2. The lowest BCUT2D eigenvalue weighted by Crippen LogP contribution is -2.15. The quantitative estimate of drug-likeness (QED) is 0.805. The van der Waals surface area contributed by atoms with E-state index < -0.39 is 0 Å². The SMILES string of the molecule is Cc1cc(C(=O)Nc2nc(Cc3ccccc3)cs2)n(C)n1. The fourth-order valence-corrected chi connectivity index (χ4v) is 2.94. The molecular formula is C16H16N4OS. The fourth-order valence-electron chi connectivity index (χ4n) is 2.23. The lowest BCUT2D eigenvalue weighted by atomic mass is 10.1. The van der Waals surface area contributed by atoms with Crippen molar-refractivity contribution in [3.63, 3.8) is 0 Å². The molecule has 0 radical (unpaired) electrons. The molecule has 1 aromatic carbocycles. The van der Waals surface area contributed by atoms with Gasteiger partial charge in [0.2, 0.25) is 0 Å². The van der Waals surface area contributed by atoms with Crippen molar-refractivity contribution in [2.45, 2.75) is 13.3 Å². The zero-order valence-electron chi connectivity index (χ0n) is 12.4. The highest BCUT2D eigenvalue weighted by atomic mass is 32.1. The van der Waals surface area contributed by atoms with Gasteiger partial charge in [0.05, 0.1) is 11.4 Å². The summed E-state index contributed by atoms with van der Waals surface area (Å²) < 4.78 is 1.57. The van der Waals surface area contributed by atoms with Gasteiger partial charge in [0.1, 0.15) is 5.69 Å².